The van der Waals surface area contributed by atoms with Gasteiger partial charge in [0.05, 0.1) is 4.90 Å². The van der Waals surface area contributed by atoms with Crippen LogP contribution >= 0.6 is 24.0 Å². The molecule has 0 aliphatic carbocycles. The number of nitrogens with one attached hydrogen (secondary N) is 1. The Morgan fingerprint density at radius 3 is 2.23 bits per heavy atom. The van der Waals surface area contributed by atoms with E-state index >= 15 is 0 Å². The van der Waals surface area contributed by atoms with Crippen molar-refractivity contribution in [2.24, 2.45) is 4.99 Å². The van der Waals surface area contributed by atoms with Crippen LogP contribution in [0.25, 0.3) is 0 Å². The van der Waals surface area contributed by atoms with Gasteiger partial charge in [-0.05, 0) is 23.8 Å². The third-order valence-electron chi connectivity index (χ3n) is 4.78. The molecule has 164 valence electrons. The monoisotopic (exact) mass is 545 g/mol. The largest absolute Gasteiger partial charge is 0.352 e. The van der Waals surface area contributed by atoms with Crippen LogP contribution < -0.4 is 10.2 Å². The second-order valence-corrected chi connectivity index (χ2v) is 9.01. The molecule has 11 heteroatoms. The van der Waals surface area contributed by atoms with E-state index in [-0.39, 0.29) is 28.9 Å². The van der Waals surface area contributed by atoms with Crippen LogP contribution in [0.15, 0.2) is 52.6 Å². The van der Waals surface area contributed by atoms with E-state index in [0.29, 0.717) is 6.54 Å². The van der Waals surface area contributed by atoms with Gasteiger partial charge in [0.25, 0.3) is 0 Å². The zero-order chi connectivity index (χ0) is 20.9. The van der Waals surface area contributed by atoms with Crippen molar-refractivity contribution in [3.63, 3.8) is 0 Å². The van der Waals surface area contributed by atoms with Crippen LogP contribution in [-0.2, 0) is 16.6 Å². The summed E-state index contributed by atoms with van der Waals surface area (Å²) in [6, 6.07) is 8.72. The van der Waals surface area contributed by atoms with Gasteiger partial charge in [0.15, 0.2) is 5.96 Å². The molecule has 1 fully saturated rings. The number of aliphatic imine (C=N–C) groups is 1. The number of rotatable bonds is 5. The summed E-state index contributed by atoms with van der Waals surface area (Å²) >= 11 is 0. The maximum absolute atomic E-state index is 12.2. The summed E-state index contributed by atoms with van der Waals surface area (Å²) in [6.45, 7) is 3.84. The van der Waals surface area contributed by atoms with E-state index in [9.17, 15) is 8.42 Å². The van der Waals surface area contributed by atoms with Crippen LogP contribution in [-0.4, -0.2) is 80.9 Å². The predicted octanol–water partition coefficient (Wildman–Crippen LogP) is 1.24. The van der Waals surface area contributed by atoms with Gasteiger partial charge in [0, 0.05) is 66.3 Å². The lowest BCUT2D eigenvalue weighted by molar-refractivity contribution is 0.370. The van der Waals surface area contributed by atoms with Gasteiger partial charge in [0.1, 0.15) is 0 Å². The van der Waals surface area contributed by atoms with Crippen molar-refractivity contribution in [3.05, 3.63) is 48.3 Å². The Bertz CT molecular complexity index is 929. The van der Waals surface area contributed by atoms with Gasteiger partial charge >= 0.3 is 0 Å². The number of hydrogen-bond donors (Lipinski definition) is 1. The van der Waals surface area contributed by atoms with Crippen molar-refractivity contribution in [3.8, 4) is 0 Å². The van der Waals surface area contributed by atoms with E-state index < -0.39 is 10.0 Å². The van der Waals surface area contributed by atoms with Crippen molar-refractivity contribution in [1.82, 2.24) is 24.5 Å². The second kappa shape index (κ2) is 10.9. The number of piperazine rings is 1. The molecule has 0 amide bonds. The fraction of sp³-hybridized carbons (Fsp3) is 0.421. The minimum atomic E-state index is -3.41. The number of nitrogens with zero attached hydrogens (tertiary/aromatic N) is 6. The molecule has 2 heterocycles. The molecule has 1 aliphatic rings. The highest BCUT2D eigenvalue weighted by molar-refractivity contribution is 14.0. The van der Waals surface area contributed by atoms with Gasteiger partial charge in [-0.3, -0.25) is 4.99 Å². The minimum Gasteiger partial charge on any atom is -0.352 e. The van der Waals surface area contributed by atoms with Gasteiger partial charge < -0.3 is 15.1 Å². The second-order valence-electron chi connectivity index (χ2n) is 6.86. The maximum atomic E-state index is 12.2. The van der Waals surface area contributed by atoms with Gasteiger partial charge in [-0.1, -0.05) is 12.1 Å². The summed E-state index contributed by atoms with van der Waals surface area (Å²) in [5, 5.41) is 3.36. The summed E-state index contributed by atoms with van der Waals surface area (Å²) in [7, 11) is 1.41. The number of anilines is 1. The van der Waals surface area contributed by atoms with E-state index in [4.69, 9.17) is 0 Å². The van der Waals surface area contributed by atoms with E-state index in [2.05, 4.69) is 30.1 Å². The molecule has 1 aliphatic heterocycles. The van der Waals surface area contributed by atoms with Crippen LogP contribution in [0.2, 0.25) is 0 Å². The molecule has 0 atom stereocenters. The first-order valence-electron chi connectivity index (χ1n) is 9.41. The Hall–Kier alpha value is -1.99. The molecular formula is C19H28IN7O2S. The summed E-state index contributed by atoms with van der Waals surface area (Å²) in [5.74, 6) is 1.58. The zero-order valence-corrected chi connectivity index (χ0v) is 20.5. The lowest BCUT2D eigenvalue weighted by atomic mass is 10.2. The van der Waals surface area contributed by atoms with Crippen LogP contribution in [0.4, 0.5) is 5.95 Å². The minimum absolute atomic E-state index is 0. The Balaban J connectivity index is 0.00000320. The van der Waals surface area contributed by atoms with Crippen molar-refractivity contribution in [1.29, 1.82) is 0 Å². The predicted molar refractivity (Wildman–Crippen MR) is 129 cm³/mol. The number of benzene rings is 1. The molecule has 2 aromatic rings. The lowest BCUT2D eigenvalue weighted by Crippen LogP contribution is -2.52. The number of guanidine groups is 1. The normalized spacial score (nSPS) is 15.1. The molecular weight excluding hydrogens is 517 g/mol. The molecule has 0 saturated carbocycles. The van der Waals surface area contributed by atoms with Gasteiger partial charge in [-0.15, -0.1) is 24.0 Å². The summed E-state index contributed by atoms with van der Waals surface area (Å²) < 4.78 is 25.5. The molecule has 1 aromatic carbocycles. The highest BCUT2D eigenvalue weighted by atomic mass is 127. The average Bonchev–Trinajstić information content (AvgIpc) is 2.75. The van der Waals surface area contributed by atoms with Crippen LogP contribution in [0.5, 0.6) is 0 Å². The van der Waals surface area contributed by atoms with E-state index in [1.54, 1.807) is 31.6 Å². The Kier molecular flexibility index (Phi) is 8.79. The highest BCUT2D eigenvalue weighted by Crippen LogP contribution is 2.14. The molecule has 9 nitrogen and oxygen atoms in total. The SMILES string of the molecule is CN=C(NCc1ccc(S(=O)(=O)N(C)C)cc1)N1CCN(c2ncccn2)CC1.I. The van der Waals surface area contributed by atoms with Gasteiger partial charge in [-0.25, -0.2) is 22.7 Å². The number of sulfonamides is 1. The van der Waals surface area contributed by atoms with Crippen LogP contribution in [0, 0.1) is 0 Å². The molecule has 1 saturated heterocycles. The van der Waals surface area contributed by atoms with Gasteiger partial charge in [-0.2, -0.15) is 0 Å². The summed E-state index contributed by atoms with van der Waals surface area (Å²) in [4.78, 5) is 17.6. The summed E-state index contributed by atoms with van der Waals surface area (Å²) in [6.07, 6.45) is 3.51. The Labute approximate surface area is 195 Å². The van der Waals surface area contributed by atoms with Gasteiger partial charge in [0.2, 0.25) is 16.0 Å². The molecule has 0 bridgehead atoms. The standard InChI is InChI=1S/C19H27N7O2S.HI/c1-20-18(25-11-13-26(14-12-25)19-21-9-4-10-22-19)23-15-16-5-7-17(8-6-16)29(27,28)24(2)3;/h4-10H,11-15H2,1-3H3,(H,20,23);1H. The average molecular weight is 545 g/mol. The fourth-order valence-electron chi connectivity index (χ4n) is 3.08. The number of halogens is 1. The van der Waals surface area contributed by atoms with Crippen LogP contribution in [0.3, 0.4) is 0 Å². The zero-order valence-electron chi connectivity index (χ0n) is 17.4. The number of hydrogen-bond acceptors (Lipinski definition) is 6. The van der Waals surface area contributed by atoms with Crippen molar-refractivity contribution < 1.29 is 8.42 Å². The topological polar surface area (TPSA) is 94.0 Å². The molecule has 1 aromatic heterocycles. The first kappa shape index (κ1) is 24.3. The molecule has 1 N–H and O–H groups in total. The fourth-order valence-corrected chi connectivity index (χ4v) is 3.98. The maximum Gasteiger partial charge on any atom is 0.242 e. The van der Waals surface area contributed by atoms with E-state index in [0.717, 1.165) is 43.7 Å². The third kappa shape index (κ3) is 5.79. The molecule has 0 unspecified atom stereocenters. The van der Waals surface area contributed by atoms with Crippen molar-refractivity contribution >= 4 is 45.9 Å². The Morgan fingerprint density at radius 1 is 1.10 bits per heavy atom. The van der Waals surface area contributed by atoms with Crippen LogP contribution in [0.1, 0.15) is 5.56 Å². The quantitative estimate of drug-likeness (QED) is 0.344. The smallest absolute Gasteiger partial charge is 0.242 e. The lowest BCUT2D eigenvalue weighted by Gasteiger charge is -2.36. The molecule has 0 spiro atoms. The van der Waals surface area contributed by atoms with E-state index in [1.807, 2.05) is 18.2 Å². The third-order valence-corrected chi connectivity index (χ3v) is 6.61. The highest BCUT2D eigenvalue weighted by Gasteiger charge is 2.21. The summed E-state index contributed by atoms with van der Waals surface area (Å²) in [5.41, 5.74) is 0.986. The van der Waals surface area contributed by atoms with E-state index in [1.165, 1.54) is 18.4 Å². The first-order chi connectivity index (χ1) is 13.9. The van der Waals surface area contributed by atoms with Crippen molar-refractivity contribution in [2.75, 3.05) is 52.2 Å². The molecule has 0 radical (unpaired) electrons. The Morgan fingerprint density at radius 2 is 1.70 bits per heavy atom. The number of aromatic nitrogens is 2. The molecule has 3 rings (SSSR count). The first-order valence-corrected chi connectivity index (χ1v) is 10.8. The van der Waals surface area contributed by atoms with Crippen molar-refractivity contribution in [2.45, 2.75) is 11.4 Å². The molecule has 30 heavy (non-hydrogen) atoms.